The van der Waals surface area contributed by atoms with Crippen LogP contribution in [0.25, 0.3) is 0 Å². The van der Waals surface area contributed by atoms with E-state index < -0.39 is 0 Å². The molecular weight excluding hydrogens is 406 g/mol. The number of anilines is 1. The number of aryl methyl sites for hydroxylation is 2. The highest BCUT2D eigenvalue weighted by Gasteiger charge is 2.23. The molecule has 0 aromatic heterocycles. The summed E-state index contributed by atoms with van der Waals surface area (Å²) in [6.45, 7) is 10.6. The van der Waals surface area contributed by atoms with E-state index in [2.05, 4.69) is 59.3 Å². The van der Waals surface area contributed by atoms with Gasteiger partial charge in [-0.05, 0) is 62.6 Å². The average Bonchev–Trinajstić information content (AvgIpc) is 3.26. The fraction of sp³-hybridized carbons (Fsp3) is 0.480. The quantitative estimate of drug-likeness (QED) is 0.701. The minimum atomic E-state index is 0.0577. The largest absolute Gasteiger partial charge is 0.377 e. The molecule has 2 aliphatic rings. The van der Waals surface area contributed by atoms with Gasteiger partial charge in [0.25, 0.3) is 0 Å². The number of hydrogen-bond acceptors (Lipinski definition) is 5. The van der Waals surface area contributed by atoms with Crippen LogP contribution in [0.5, 0.6) is 0 Å². The minimum absolute atomic E-state index is 0.0577. The first-order valence-electron chi connectivity index (χ1n) is 11.3. The molecule has 166 valence electrons. The topological polar surface area (TPSA) is 44.8 Å². The summed E-state index contributed by atoms with van der Waals surface area (Å²) in [4.78, 5) is 19.7. The van der Waals surface area contributed by atoms with Crippen molar-refractivity contribution in [2.24, 2.45) is 0 Å². The molecule has 2 heterocycles. The maximum Gasteiger partial charge on any atom is 0.238 e. The Kier molecular flexibility index (Phi) is 7.67. The van der Waals surface area contributed by atoms with Crippen LogP contribution >= 0.6 is 11.8 Å². The second-order valence-corrected chi connectivity index (χ2v) is 9.77. The molecule has 0 saturated carbocycles. The SMILES string of the molecule is Cc1ccc(Sc2ccc(NC(=O)CN3CCN(C[C@H]4CCCO4)CC3)cc2)c(C)c1. The molecule has 31 heavy (non-hydrogen) atoms. The summed E-state index contributed by atoms with van der Waals surface area (Å²) in [6, 6.07) is 14.6. The lowest BCUT2D eigenvalue weighted by Crippen LogP contribution is -2.50. The van der Waals surface area contributed by atoms with Crippen LogP contribution in [0.3, 0.4) is 0 Å². The van der Waals surface area contributed by atoms with Crippen LogP contribution in [0, 0.1) is 13.8 Å². The first kappa shape index (κ1) is 22.3. The lowest BCUT2D eigenvalue weighted by atomic mass is 10.2. The van der Waals surface area contributed by atoms with Crippen LogP contribution in [0.1, 0.15) is 24.0 Å². The van der Waals surface area contributed by atoms with Gasteiger partial charge in [0.15, 0.2) is 0 Å². The van der Waals surface area contributed by atoms with E-state index in [-0.39, 0.29) is 5.91 Å². The number of carbonyl (C=O) groups excluding carboxylic acids is 1. The van der Waals surface area contributed by atoms with Crippen molar-refractivity contribution in [1.29, 1.82) is 0 Å². The normalized spacial score (nSPS) is 20.1. The van der Waals surface area contributed by atoms with Crippen molar-refractivity contribution in [1.82, 2.24) is 9.80 Å². The van der Waals surface area contributed by atoms with Crippen LogP contribution in [0.2, 0.25) is 0 Å². The third-order valence-corrected chi connectivity index (χ3v) is 7.20. The molecule has 1 amide bonds. The summed E-state index contributed by atoms with van der Waals surface area (Å²) in [7, 11) is 0. The van der Waals surface area contributed by atoms with Crippen molar-refractivity contribution in [3.05, 3.63) is 53.6 Å². The monoisotopic (exact) mass is 439 g/mol. The first-order chi connectivity index (χ1) is 15.0. The van der Waals surface area contributed by atoms with Gasteiger partial charge >= 0.3 is 0 Å². The number of piperazine rings is 1. The maximum atomic E-state index is 12.5. The van der Waals surface area contributed by atoms with Gasteiger partial charge in [-0.3, -0.25) is 14.6 Å². The molecule has 2 aromatic rings. The third kappa shape index (κ3) is 6.56. The Balaban J connectivity index is 1.21. The highest BCUT2D eigenvalue weighted by molar-refractivity contribution is 7.99. The molecule has 0 aliphatic carbocycles. The predicted molar refractivity (Wildman–Crippen MR) is 127 cm³/mol. The summed E-state index contributed by atoms with van der Waals surface area (Å²) in [5.74, 6) is 0.0577. The molecule has 2 saturated heterocycles. The van der Waals surface area contributed by atoms with Gasteiger partial charge in [-0.2, -0.15) is 0 Å². The Labute approximate surface area is 190 Å². The van der Waals surface area contributed by atoms with Gasteiger partial charge in [-0.25, -0.2) is 0 Å². The number of nitrogens with one attached hydrogen (secondary N) is 1. The molecule has 1 atom stereocenters. The number of rotatable bonds is 7. The highest BCUT2D eigenvalue weighted by Crippen LogP contribution is 2.31. The lowest BCUT2D eigenvalue weighted by molar-refractivity contribution is -0.117. The third-order valence-electron chi connectivity index (χ3n) is 6.01. The van der Waals surface area contributed by atoms with Crippen molar-refractivity contribution in [3.63, 3.8) is 0 Å². The van der Waals surface area contributed by atoms with Crippen LogP contribution in [-0.4, -0.2) is 67.7 Å². The molecular formula is C25H33N3O2S. The molecule has 0 bridgehead atoms. The van der Waals surface area contributed by atoms with Gasteiger partial charge in [0.1, 0.15) is 0 Å². The predicted octanol–water partition coefficient (Wildman–Crippen LogP) is 4.19. The van der Waals surface area contributed by atoms with E-state index in [4.69, 9.17) is 4.74 Å². The average molecular weight is 440 g/mol. The smallest absolute Gasteiger partial charge is 0.238 e. The van der Waals surface area contributed by atoms with Crippen LogP contribution in [0.15, 0.2) is 52.3 Å². The zero-order valence-electron chi connectivity index (χ0n) is 18.6. The number of carbonyl (C=O) groups is 1. The van der Waals surface area contributed by atoms with Crippen LogP contribution < -0.4 is 5.32 Å². The summed E-state index contributed by atoms with van der Waals surface area (Å²) >= 11 is 1.76. The van der Waals surface area contributed by atoms with Gasteiger partial charge in [-0.15, -0.1) is 0 Å². The number of amides is 1. The van der Waals surface area contributed by atoms with Gasteiger partial charge < -0.3 is 10.1 Å². The van der Waals surface area contributed by atoms with E-state index in [1.54, 1.807) is 11.8 Å². The van der Waals surface area contributed by atoms with E-state index in [0.29, 0.717) is 12.6 Å². The van der Waals surface area contributed by atoms with Crippen molar-refractivity contribution < 1.29 is 9.53 Å². The van der Waals surface area contributed by atoms with E-state index >= 15 is 0 Å². The van der Waals surface area contributed by atoms with E-state index in [9.17, 15) is 4.79 Å². The molecule has 6 heteroatoms. The Morgan fingerprint density at radius 2 is 1.81 bits per heavy atom. The van der Waals surface area contributed by atoms with Crippen molar-refractivity contribution in [2.45, 2.75) is 42.6 Å². The zero-order chi connectivity index (χ0) is 21.6. The van der Waals surface area contributed by atoms with Crippen molar-refractivity contribution in [2.75, 3.05) is 51.2 Å². The molecule has 0 spiro atoms. The second-order valence-electron chi connectivity index (χ2n) is 8.66. The molecule has 0 radical (unpaired) electrons. The summed E-state index contributed by atoms with van der Waals surface area (Å²) in [6.07, 6.45) is 2.78. The Hall–Kier alpha value is -1.86. The standard InChI is InChI=1S/C25H33N3O2S/c1-19-5-10-24(20(2)16-19)31-23-8-6-21(7-9-23)26-25(29)18-28-13-11-27(12-14-28)17-22-4-3-15-30-22/h5-10,16,22H,3-4,11-15,17-18H2,1-2H3,(H,26,29)/t22-/m1/s1. The van der Waals surface area contributed by atoms with Crippen molar-refractivity contribution >= 4 is 23.4 Å². The summed E-state index contributed by atoms with van der Waals surface area (Å²) in [5.41, 5.74) is 3.43. The Morgan fingerprint density at radius 1 is 1.06 bits per heavy atom. The Bertz CT molecular complexity index is 873. The summed E-state index contributed by atoms with van der Waals surface area (Å²) < 4.78 is 5.74. The number of ether oxygens (including phenoxy) is 1. The molecule has 0 unspecified atom stereocenters. The highest BCUT2D eigenvalue weighted by atomic mass is 32.2. The van der Waals surface area contributed by atoms with E-state index in [1.807, 2.05) is 12.1 Å². The molecule has 2 aromatic carbocycles. The summed E-state index contributed by atoms with van der Waals surface area (Å²) in [5, 5.41) is 3.05. The lowest BCUT2D eigenvalue weighted by Gasteiger charge is -2.35. The van der Waals surface area contributed by atoms with Gasteiger partial charge in [0.2, 0.25) is 5.91 Å². The van der Waals surface area contributed by atoms with Gasteiger partial charge in [0.05, 0.1) is 12.6 Å². The van der Waals surface area contributed by atoms with E-state index in [1.165, 1.54) is 33.8 Å². The maximum absolute atomic E-state index is 12.5. The van der Waals surface area contributed by atoms with Crippen molar-refractivity contribution in [3.8, 4) is 0 Å². The Morgan fingerprint density at radius 3 is 2.48 bits per heavy atom. The molecule has 2 aliphatic heterocycles. The zero-order valence-corrected chi connectivity index (χ0v) is 19.4. The number of nitrogens with zero attached hydrogens (tertiary/aromatic N) is 2. The fourth-order valence-electron chi connectivity index (χ4n) is 4.26. The van der Waals surface area contributed by atoms with Crippen LogP contribution in [-0.2, 0) is 9.53 Å². The fourth-order valence-corrected chi connectivity index (χ4v) is 5.14. The number of hydrogen-bond donors (Lipinski definition) is 1. The molecule has 4 rings (SSSR count). The molecule has 5 nitrogen and oxygen atoms in total. The molecule has 1 N–H and O–H groups in total. The minimum Gasteiger partial charge on any atom is -0.377 e. The molecule has 2 fully saturated rings. The van der Waals surface area contributed by atoms with Crippen LogP contribution in [0.4, 0.5) is 5.69 Å². The van der Waals surface area contributed by atoms with Gasteiger partial charge in [0, 0.05) is 54.8 Å². The second kappa shape index (κ2) is 10.6. The first-order valence-corrected chi connectivity index (χ1v) is 12.1. The number of benzene rings is 2. The van der Waals surface area contributed by atoms with Gasteiger partial charge in [-0.1, -0.05) is 29.5 Å². The van der Waals surface area contributed by atoms with E-state index in [0.717, 1.165) is 45.0 Å².